The van der Waals surface area contributed by atoms with Crippen LogP contribution in [-0.4, -0.2) is 23.2 Å². The van der Waals surface area contributed by atoms with Crippen LogP contribution in [0.3, 0.4) is 0 Å². The number of pyridine rings is 1. The van der Waals surface area contributed by atoms with E-state index in [9.17, 15) is 8.42 Å². The van der Waals surface area contributed by atoms with Crippen molar-refractivity contribution in [3.05, 3.63) is 34.4 Å². The second-order valence-electron chi connectivity index (χ2n) is 4.52. The fourth-order valence-electron chi connectivity index (χ4n) is 1.98. The largest absolute Gasteiger partial charge is 0.276 e. The third kappa shape index (κ3) is 2.51. The Kier molecular flexibility index (Phi) is 3.75. The minimum Gasteiger partial charge on any atom is -0.276 e. The van der Waals surface area contributed by atoms with Crippen molar-refractivity contribution in [2.45, 2.75) is 25.7 Å². The van der Waals surface area contributed by atoms with Crippen molar-refractivity contribution >= 4 is 27.3 Å². The van der Waals surface area contributed by atoms with Crippen molar-refractivity contribution in [3.63, 3.8) is 0 Å². The first kappa shape index (κ1) is 14.8. The summed E-state index contributed by atoms with van der Waals surface area (Å²) in [6.07, 6.45) is 1.52. The molecule has 0 unspecified atom stereocenters. The molecule has 8 heteroatoms. The molecular formula is C12H15ClN4O2S. The van der Waals surface area contributed by atoms with Crippen molar-refractivity contribution in [1.29, 1.82) is 0 Å². The first-order valence-corrected chi connectivity index (χ1v) is 7.74. The first-order valence-electron chi connectivity index (χ1n) is 5.88. The number of aromatic nitrogens is 3. The molecule has 0 radical (unpaired) electrons. The van der Waals surface area contributed by atoms with Crippen LogP contribution < -0.4 is 4.72 Å². The summed E-state index contributed by atoms with van der Waals surface area (Å²) < 4.78 is 29.0. The molecule has 0 aliphatic rings. The van der Waals surface area contributed by atoms with E-state index in [0.717, 1.165) is 0 Å². The molecule has 108 valence electrons. The van der Waals surface area contributed by atoms with Crippen LogP contribution >= 0.6 is 11.6 Å². The molecule has 6 nitrogen and oxygen atoms in total. The topological polar surface area (TPSA) is 76.9 Å². The highest BCUT2D eigenvalue weighted by Gasteiger charge is 2.25. The zero-order valence-electron chi connectivity index (χ0n) is 11.6. The number of sulfonamides is 1. The number of hydrogen-bond donors (Lipinski definition) is 1. The third-order valence-corrected chi connectivity index (χ3v) is 4.95. The molecule has 0 amide bonds. The minimum absolute atomic E-state index is 0.118. The Bertz CT molecular complexity index is 748. The lowest BCUT2D eigenvalue weighted by atomic mass is 10.3. The summed E-state index contributed by atoms with van der Waals surface area (Å²) in [5.74, 6) is 0. The van der Waals surface area contributed by atoms with Crippen LogP contribution in [0.15, 0.2) is 17.2 Å². The van der Waals surface area contributed by atoms with Gasteiger partial charge in [0.25, 0.3) is 10.0 Å². The van der Waals surface area contributed by atoms with Gasteiger partial charge in [0.05, 0.1) is 17.1 Å². The maximum atomic E-state index is 12.5. The van der Waals surface area contributed by atoms with E-state index in [4.69, 9.17) is 11.6 Å². The second-order valence-corrected chi connectivity index (χ2v) is 6.50. The van der Waals surface area contributed by atoms with Crippen LogP contribution in [-0.2, 0) is 17.1 Å². The van der Waals surface area contributed by atoms with Crippen molar-refractivity contribution < 1.29 is 8.42 Å². The van der Waals surface area contributed by atoms with Crippen molar-refractivity contribution in [2.24, 2.45) is 7.05 Å². The summed E-state index contributed by atoms with van der Waals surface area (Å²) in [5.41, 5.74) is 1.99. The Hall–Kier alpha value is -1.60. The molecule has 20 heavy (non-hydrogen) atoms. The van der Waals surface area contributed by atoms with Gasteiger partial charge in [-0.15, -0.1) is 0 Å². The number of halogens is 1. The molecule has 2 aromatic rings. The van der Waals surface area contributed by atoms with Crippen LogP contribution in [0.2, 0.25) is 5.15 Å². The number of hydrogen-bond acceptors (Lipinski definition) is 4. The predicted molar refractivity (Wildman–Crippen MR) is 77.5 cm³/mol. The van der Waals surface area contributed by atoms with E-state index in [1.165, 1.54) is 10.9 Å². The fourth-order valence-corrected chi connectivity index (χ4v) is 3.86. The Balaban J connectivity index is 2.52. The lowest BCUT2D eigenvalue weighted by Gasteiger charge is -2.11. The monoisotopic (exact) mass is 314 g/mol. The summed E-state index contributed by atoms with van der Waals surface area (Å²) in [5, 5.41) is 4.23. The predicted octanol–water partition coefficient (Wildman–Crippen LogP) is 2.19. The molecule has 0 aliphatic carbocycles. The molecule has 1 N–H and O–H groups in total. The molecule has 0 fully saturated rings. The number of anilines is 1. The summed E-state index contributed by atoms with van der Waals surface area (Å²) >= 11 is 5.95. The summed E-state index contributed by atoms with van der Waals surface area (Å²) in [6.45, 7) is 5.11. The molecular weight excluding hydrogens is 300 g/mol. The van der Waals surface area contributed by atoms with Crippen LogP contribution in [0.4, 0.5) is 5.69 Å². The normalized spacial score (nSPS) is 11.7. The van der Waals surface area contributed by atoms with Gasteiger partial charge in [0.1, 0.15) is 4.90 Å². The zero-order chi connectivity index (χ0) is 15.1. The number of nitrogens with one attached hydrogen (secondary N) is 1. The van der Waals surface area contributed by atoms with Crippen molar-refractivity contribution in [1.82, 2.24) is 14.8 Å². The van der Waals surface area contributed by atoms with Gasteiger partial charge >= 0.3 is 0 Å². The highest BCUT2D eigenvalue weighted by molar-refractivity contribution is 7.92. The molecule has 0 spiro atoms. The molecule has 0 saturated heterocycles. The molecule has 2 rings (SSSR count). The SMILES string of the molecule is Cc1ccnc(Cl)c1NS(=O)(=O)c1c(C)nn(C)c1C. The number of aryl methyl sites for hydroxylation is 3. The summed E-state index contributed by atoms with van der Waals surface area (Å²) in [7, 11) is -2.06. The van der Waals surface area contributed by atoms with E-state index in [0.29, 0.717) is 17.0 Å². The van der Waals surface area contributed by atoms with E-state index in [1.54, 1.807) is 33.9 Å². The van der Waals surface area contributed by atoms with Crippen LogP contribution in [0.25, 0.3) is 0 Å². The lowest BCUT2D eigenvalue weighted by Crippen LogP contribution is -2.16. The Labute approximate surface area is 122 Å². The van der Waals surface area contributed by atoms with Gasteiger partial charge in [-0.05, 0) is 32.4 Å². The molecule has 0 bridgehead atoms. The van der Waals surface area contributed by atoms with Crippen LogP contribution in [0.5, 0.6) is 0 Å². The maximum absolute atomic E-state index is 12.5. The Morgan fingerprint density at radius 1 is 1.30 bits per heavy atom. The van der Waals surface area contributed by atoms with E-state index < -0.39 is 10.0 Å². The highest BCUT2D eigenvalue weighted by Crippen LogP contribution is 2.27. The average Bonchev–Trinajstić information content (AvgIpc) is 2.59. The third-order valence-electron chi connectivity index (χ3n) is 3.06. The highest BCUT2D eigenvalue weighted by atomic mass is 35.5. The molecule has 0 aliphatic heterocycles. The van der Waals surface area contributed by atoms with Gasteiger partial charge in [-0.2, -0.15) is 5.10 Å². The average molecular weight is 315 g/mol. The molecule has 2 aromatic heterocycles. The van der Waals surface area contributed by atoms with Gasteiger partial charge in [0.2, 0.25) is 0 Å². The van der Waals surface area contributed by atoms with E-state index in [2.05, 4.69) is 14.8 Å². The van der Waals surface area contributed by atoms with Gasteiger partial charge in [0, 0.05) is 13.2 Å². The van der Waals surface area contributed by atoms with Gasteiger partial charge < -0.3 is 0 Å². The standard InChI is InChI=1S/C12H15ClN4O2S/c1-7-5-6-14-12(13)10(7)16-20(18,19)11-8(2)15-17(4)9(11)3/h5-6,16H,1-4H3. The Morgan fingerprint density at radius 2 is 1.95 bits per heavy atom. The Morgan fingerprint density at radius 3 is 2.45 bits per heavy atom. The van der Waals surface area contributed by atoms with E-state index >= 15 is 0 Å². The van der Waals surface area contributed by atoms with E-state index in [-0.39, 0.29) is 15.7 Å². The smallest absolute Gasteiger partial charge is 0.265 e. The summed E-state index contributed by atoms with van der Waals surface area (Å²) in [4.78, 5) is 4.05. The second kappa shape index (κ2) is 5.06. The minimum atomic E-state index is -3.76. The first-order chi connectivity index (χ1) is 9.24. The molecule has 0 aromatic carbocycles. The van der Waals surface area contributed by atoms with Gasteiger partial charge in [0.15, 0.2) is 5.15 Å². The van der Waals surface area contributed by atoms with Gasteiger partial charge in [-0.25, -0.2) is 13.4 Å². The van der Waals surface area contributed by atoms with Crippen molar-refractivity contribution in [3.8, 4) is 0 Å². The van der Waals surface area contributed by atoms with Crippen molar-refractivity contribution in [2.75, 3.05) is 4.72 Å². The molecule has 0 atom stereocenters. The lowest BCUT2D eigenvalue weighted by molar-refractivity contribution is 0.599. The number of nitrogens with zero attached hydrogens (tertiary/aromatic N) is 3. The molecule has 2 heterocycles. The maximum Gasteiger partial charge on any atom is 0.265 e. The van der Waals surface area contributed by atoms with Crippen LogP contribution in [0.1, 0.15) is 17.0 Å². The number of rotatable bonds is 3. The summed E-state index contributed by atoms with van der Waals surface area (Å²) in [6, 6.07) is 1.69. The van der Waals surface area contributed by atoms with Gasteiger partial charge in [-0.1, -0.05) is 11.6 Å². The fraction of sp³-hybridized carbons (Fsp3) is 0.333. The quantitative estimate of drug-likeness (QED) is 0.881. The van der Waals surface area contributed by atoms with Gasteiger partial charge in [-0.3, -0.25) is 9.40 Å². The van der Waals surface area contributed by atoms with E-state index in [1.807, 2.05) is 0 Å². The zero-order valence-corrected chi connectivity index (χ0v) is 13.2. The van der Waals surface area contributed by atoms with Crippen LogP contribution in [0, 0.1) is 20.8 Å². The molecule has 0 saturated carbocycles.